The zero-order valence-corrected chi connectivity index (χ0v) is 10.3. The molecule has 1 rings (SSSR count). The Hall–Kier alpha value is -1.32. The molecule has 0 fully saturated rings. The van der Waals surface area contributed by atoms with Gasteiger partial charge in [0.2, 0.25) is 0 Å². The molecule has 0 saturated carbocycles. The third-order valence-electron chi connectivity index (χ3n) is 2.30. The fourth-order valence-electron chi connectivity index (χ4n) is 1.28. The van der Waals surface area contributed by atoms with E-state index < -0.39 is 0 Å². The fraction of sp³-hybridized carbons (Fsp3) is 0.667. The summed E-state index contributed by atoms with van der Waals surface area (Å²) in [4.78, 5) is 11.4. The molecular formula is C12H20N2O2. The minimum absolute atomic E-state index is 0.205. The molecule has 0 amide bonds. The third-order valence-corrected chi connectivity index (χ3v) is 2.30. The third kappa shape index (κ3) is 4.04. The van der Waals surface area contributed by atoms with E-state index in [0.717, 1.165) is 18.5 Å². The van der Waals surface area contributed by atoms with Crippen molar-refractivity contribution < 1.29 is 9.53 Å². The zero-order valence-electron chi connectivity index (χ0n) is 10.3. The van der Waals surface area contributed by atoms with E-state index in [1.54, 1.807) is 4.68 Å². The molecular weight excluding hydrogens is 204 g/mol. The van der Waals surface area contributed by atoms with Gasteiger partial charge in [0, 0.05) is 6.20 Å². The minimum Gasteiger partial charge on any atom is -0.464 e. The second-order valence-corrected chi connectivity index (χ2v) is 4.17. The molecule has 0 aliphatic rings. The Balaban J connectivity index is 2.37. The summed E-state index contributed by atoms with van der Waals surface area (Å²) in [5, 5.41) is 4.29. The minimum atomic E-state index is -0.216. The molecule has 16 heavy (non-hydrogen) atoms. The smallest absolute Gasteiger partial charge is 0.327 e. The van der Waals surface area contributed by atoms with Crippen molar-refractivity contribution in [2.75, 3.05) is 6.61 Å². The highest BCUT2D eigenvalue weighted by Crippen LogP contribution is 2.10. The van der Waals surface area contributed by atoms with Crippen LogP contribution >= 0.6 is 0 Å². The van der Waals surface area contributed by atoms with Crippen molar-refractivity contribution in [2.24, 2.45) is 0 Å². The average molecular weight is 224 g/mol. The van der Waals surface area contributed by atoms with Crippen LogP contribution in [0.3, 0.4) is 0 Å². The number of hydrogen-bond donors (Lipinski definition) is 0. The van der Waals surface area contributed by atoms with E-state index in [0.29, 0.717) is 12.5 Å². The summed E-state index contributed by atoms with van der Waals surface area (Å²) >= 11 is 0. The first-order chi connectivity index (χ1) is 7.63. The van der Waals surface area contributed by atoms with Gasteiger partial charge in [-0.3, -0.25) is 9.48 Å². The number of carbonyl (C=O) groups excluding carboxylic acids is 1. The summed E-state index contributed by atoms with van der Waals surface area (Å²) < 4.78 is 6.68. The van der Waals surface area contributed by atoms with Crippen LogP contribution in [0, 0.1) is 0 Å². The number of esters is 1. The van der Waals surface area contributed by atoms with Crippen molar-refractivity contribution in [3.63, 3.8) is 0 Å². The van der Waals surface area contributed by atoms with Crippen LogP contribution in [-0.4, -0.2) is 22.4 Å². The molecule has 0 unspecified atom stereocenters. The summed E-state index contributed by atoms with van der Waals surface area (Å²) in [6, 6.07) is 1.93. The first-order valence-electron chi connectivity index (χ1n) is 5.82. The second-order valence-electron chi connectivity index (χ2n) is 4.17. The van der Waals surface area contributed by atoms with Gasteiger partial charge in [-0.1, -0.05) is 27.2 Å². The van der Waals surface area contributed by atoms with Gasteiger partial charge in [-0.05, 0) is 18.4 Å². The van der Waals surface area contributed by atoms with Crippen molar-refractivity contribution in [2.45, 2.75) is 46.1 Å². The molecule has 1 aromatic rings. The van der Waals surface area contributed by atoms with Gasteiger partial charge in [-0.2, -0.15) is 5.10 Å². The van der Waals surface area contributed by atoms with Gasteiger partial charge in [0.25, 0.3) is 0 Å². The van der Waals surface area contributed by atoms with E-state index in [9.17, 15) is 4.79 Å². The Morgan fingerprint density at radius 3 is 2.88 bits per heavy atom. The Bertz CT molecular complexity index is 332. The highest BCUT2D eigenvalue weighted by Gasteiger charge is 2.07. The van der Waals surface area contributed by atoms with Gasteiger partial charge in [-0.15, -0.1) is 0 Å². The fourth-order valence-corrected chi connectivity index (χ4v) is 1.28. The number of unbranched alkanes of at least 4 members (excludes halogenated alkanes) is 1. The summed E-state index contributed by atoms with van der Waals surface area (Å²) in [6.45, 7) is 6.93. The standard InChI is InChI=1S/C12H20N2O2/c1-4-5-8-16-12(15)9-14-7-6-11(13-14)10(2)3/h6-7,10H,4-5,8-9H2,1-3H3. The lowest BCUT2D eigenvalue weighted by molar-refractivity contribution is -0.144. The predicted octanol–water partition coefficient (Wildman–Crippen LogP) is 2.35. The van der Waals surface area contributed by atoms with Gasteiger partial charge in [0.1, 0.15) is 6.54 Å². The second kappa shape index (κ2) is 6.30. The van der Waals surface area contributed by atoms with Gasteiger partial charge >= 0.3 is 5.97 Å². The molecule has 0 aliphatic carbocycles. The number of hydrogen-bond acceptors (Lipinski definition) is 3. The lowest BCUT2D eigenvalue weighted by Gasteiger charge is -2.04. The van der Waals surface area contributed by atoms with Gasteiger partial charge < -0.3 is 4.74 Å². The molecule has 0 saturated heterocycles. The van der Waals surface area contributed by atoms with Crippen LogP contribution in [0.1, 0.15) is 45.2 Å². The Kier molecular flexibility index (Phi) is 5.02. The van der Waals surface area contributed by atoms with E-state index in [2.05, 4.69) is 25.9 Å². The lowest BCUT2D eigenvalue weighted by atomic mass is 10.1. The topological polar surface area (TPSA) is 44.1 Å². The zero-order chi connectivity index (χ0) is 12.0. The van der Waals surface area contributed by atoms with Gasteiger partial charge in [0.15, 0.2) is 0 Å². The van der Waals surface area contributed by atoms with Crippen molar-refractivity contribution >= 4 is 5.97 Å². The van der Waals surface area contributed by atoms with Crippen LogP contribution in [0.4, 0.5) is 0 Å². The number of ether oxygens (including phenoxy) is 1. The molecule has 0 bridgehead atoms. The average Bonchev–Trinajstić information content (AvgIpc) is 2.66. The van der Waals surface area contributed by atoms with E-state index in [-0.39, 0.29) is 12.5 Å². The largest absolute Gasteiger partial charge is 0.464 e. The van der Waals surface area contributed by atoms with E-state index in [4.69, 9.17) is 4.74 Å². The SMILES string of the molecule is CCCCOC(=O)Cn1ccc(C(C)C)n1. The molecule has 0 atom stereocenters. The van der Waals surface area contributed by atoms with Crippen LogP contribution < -0.4 is 0 Å². The first-order valence-corrected chi connectivity index (χ1v) is 5.82. The predicted molar refractivity (Wildman–Crippen MR) is 62.2 cm³/mol. The Morgan fingerprint density at radius 1 is 1.56 bits per heavy atom. The molecule has 1 heterocycles. The number of nitrogens with zero attached hydrogens (tertiary/aromatic N) is 2. The van der Waals surface area contributed by atoms with Crippen molar-refractivity contribution in [1.82, 2.24) is 9.78 Å². The Morgan fingerprint density at radius 2 is 2.31 bits per heavy atom. The molecule has 90 valence electrons. The van der Waals surface area contributed by atoms with Crippen molar-refractivity contribution in [1.29, 1.82) is 0 Å². The molecule has 4 heteroatoms. The summed E-state index contributed by atoms with van der Waals surface area (Å²) in [6.07, 6.45) is 3.77. The molecule has 1 aromatic heterocycles. The van der Waals surface area contributed by atoms with Gasteiger partial charge in [0.05, 0.1) is 12.3 Å². The van der Waals surface area contributed by atoms with Crippen molar-refractivity contribution in [3.05, 3.63) is 18.0 Å². The summed E-state index contributed by atoms with van der Waals surface area (Å²) in [5.74, 6) is 0.171. The number of rotatable bonds is 6. The maximum Gasteiger partial charge on any atom is 0.327 e. The monoisotopic (exact) mass is 224 g/mol. The maximum absolute atomic E-state index is 11.4. The molecule has 4 nitrogen and oxygen atoms in total. The summed E-state index contributed by atoms with van der Waals surface area (Å²) in [7, 11) is 0. The van der Waals surface area contributed by atoms with Crippen LogP contribution in [0.5, 0.6) is 0 Å². The van der Waals surface area contributed by atoms with E-state index in [1.165, 1.54) is 0 Å². The van der Waals surface area contributed by atoms with E-state index in [1.807, 2.05) is 12.3 Å². The Labute approximate surface area is 96.6 Å². The van der Waals surface area contributed by atoms with E-state index >= 15 is 0 Å². The molecule has 0 spiro atoms. The number of aromatic nitrogens is 2. The van der Waals surface area contributed by atoms with Gasteiger partial charge in [-0.25, -0.2) is 0 Å². The quantitative estimate of drug-likeness (QED) is 0.550. The highest BCUT2D eigenvalue weighted by molar-refractivity contribution is 5.68. The first kappa shape index (κ1) is 12.7. The maximum atomic E-state index is 11.4. The molecule has 0 radical (unpaired) electrons. The van der Waals surface area contributed by atoms with Crippen LogP contribution in [0.15, 0.2) is 12.3 Å². The van der Waals surface area contributed by atoms with Crippen LogP contribution in [0.2, 0.25) is 0 Å². The van der Waals surface area contributed by atoms with Crippen LogP contribution in [-0.2, 0) is 16.1 Å². The summed E-state index contributed by atoms with van der Waals surface area (Å²) in [5.41, 5.74) is 1.00. The molecule has 0 aromatic carbocycles. The molecule has 0 aliphatic heterocycles. The highest BCUT2D eigenvalue weighted by atomic mass is 16.5. The van der Waals surface area contributed by atoms with Crippen LogP contribution in [0.25, 0.3) is 0 Å². The lowest BCUT2D eigenvalue weighted by Crippen LogP contribution is -2.14. The normalized spacial score (nSPS) is 10.8. The molecule has 0 N–H and O–H groups in total. The van der Waals surface area contributed by atoms with Crippen molar-refractivity contribution in [3.8, 4) is 0 Å². The number of carbonyl (C=O) groups is 1.